The van der Waals surface area contributed by atoms with E-state index in [4.69, 9.17) is 0 Å². The molecule has 0 aromatic rings. The Morgan fingerprint density at radius 1 is 1.24 bits per heavy atom. The number of aliphatic hydroxyl groups is 1. The molecule has 1 spiro atoms. The molecule has 0 saturated carbocycles. The fourth-order valence-electron chi connectivity index (χ4n) is 6.32. The van der Waals surface area contributed by atoms with Crippen molar-refractivity contribution >= 4 is 29.5 Å². The molecule has 2 bridgehead atoms. The van der Waals surface area contributed by atoms with Gasteiger partial charge in [0.2, 0.25) is 17.7 Å². The molecule has 3 amide bonds. The SMILES string of the molecule is C=CCN(C)C(=O)[C@@H]1[C@H]2C(=O)N([C@@H](CC)CO)C(C(=O)N(CC=C)CCCC)C23CC[C@@]1(C)S3. The summed E-state index contributed by atoms with van der Waals surface area (Å²) < 4.78 is -1.06. The summed E-state index contributed by atoms with van der Waals surface area (Å²) in [6.45, 7) is 14.9. The van der Waals surface area contributed by atoms with E-state index in [9.17, 15) is 19.5 Å². The Hall–Kier alpha value is -1.80. The average molecular weight is 492 g/mol. The Kier molecular flexibility index (Phi) is 8.23. The number of amides is 3. The van der Waals surface area contributed by atoms with Gasteiger partial charge in [-0.3, -0.25) is 14.4 Å². The lowest BCUT2D eigenvalue weighted by molar-refractivity contribution is -0.147. The van der Waals surface area contributed by atoms with Gasteiger partial charge in [-0.05, 0) is 32.6 Å². The third kappa shape index (κ3) is 4.11. The fourth-order valence-corrected chi connectivity index (χ4v) is 8.65. The molecule has 3 aliphatic heterocycles. The average Bonchev–Trinajstić information content (AvgIpc) is 3.38. The number of carbonyl (C=O) groups is 3. The van der Waals surface area contributed by atoms with Gasteiger partial charge in [-0.15, -0.1) is 24.9 Å². The normalized spacial score (nSPS) is 32.4. The number of likely N-dealkylation sites (tertiary alicyclic amines) is 1. The predicted molar refractivity (Wildman–Crippen MR) is 136 cm³/mol. The monoisotopic (exact) mass is 491 g/mol. The quantitative estimate of drug-likeness (QED) is 0.425. The highest BCUT2D eigenvalue weighted by atomic mass is 32.2. The molecule has 0 aromatic carbocycles. The molecular weight excluding hydrogens is 450 g/mol. The minimum Gasteiger partial charge on any atom is -0.394 e. The zero-order chi connectivity index (χ0) is 25.3. The van der Waals surface area contributed by atoms with Gasteiger partial charge in [-0.2, -0.15) is 0 Å². The molecule has 7 nitrogen and oxygen atoms in total. The zero-order valence-corrected chi connectivity index (χ0v) is 22.0. The first-order chi connectivity index (χ1) is 16.2. The smallest absolute Gasteiger partial charge is 0.247 e. The highest BCUT2D eigenvalue weighted by Crippen LogP contribution is 2.71. The van der Waals surface area contributed by atoms with E-state index in [0.29, 0.717) is 32.5 Å². The van der Waals surface area contributed by atoms with E-state index in [2.05, 4.69) is 27.0 Å². The maximum Gasteiger partial charge on any atom is 0.247 e. The molecule has 0 radical (unpaired) electrons. The lowest BCUT2D eigenvalue weighted by Crippen LogP contribution is -2.57. The van der Waals surface area contributed by atoms with Crippen LogP contribution in [0.1, 0.15) is 52.9 Å². The van der Waals surface area contributed by atoms with E-state index < -0.39 is 33.4 Å². The van der Waals surface area contributed by atoms with Gasteiger partial charge in [0.05, 0.1) is 29.2 Å². The molecule has 1 N–H and O–H groups in total. The summed E-state index contributed by atoms with van der Waals surface area (Å²) in [6.07, 6.45) is 7.27. The van der Waals surface area contributed by atoms with E-state index in [1.165, 1.54) is 0 Å². The first-order valence-electron chi connectivity index (χ1n) is 12.6. The van der Waals surface area contributed by atoms with Crippen LogP contribution >= 0.6 is 11.8 Å². The summed E-state index contributed by atoms with van der Waals surface area (Å²) in [5.74, 6) is -1.37. The molecule has 3 aliphatic rings. The van der Waals surface area contributed by atoms with Crippen LogP contribution in [-0.4, -0.2) is 92.4 Å². The summed E-state index contributed by atoms with van der Waals surface area (Å²) in [7, 11) is 1.75. The number of nitrogens with zero attached hydrogens (tertiary/aromatic N) is 3. The largest absolute Gasteiger partial charge is 0.394 e. The second kappa shape index (κ2) is 10.4. The number of hydrogen-bond donors (Lipinski definition) is 1. The highest BCUT2D eigenvalue weighted by molar-refractivity contribution is 8.02. The maximum atomic E-state index is 14.2. The summed E-state index contributed by atoms with van der Waals surface area (Å²) in [5, 5.41) is 10.2. The molecule has 3 heterocycles. The van der Waals surface area contributed by atoms with Crippen LogP contribution in [0.5, 0.6) is 0 Å². The van der Waals surface area contributed by atoms with Crippen LogP contribution in [0.2, 0.25) is 0 Å². The summed E-state index contributed by atoms with van der Waals surface area (Å²) in [5.41, 5.74) is 0. The van der Waals surface area contributed by atoms with Gasteiger partial charge in [-0.25, -0.2) is 0 Å². The van der Waals surface area contributed by atoms with Crippen molar-refractivity contribution in [3.63, 3.8) is 0 Å². The Morgan fingerprint density at radius 3 is 2.47 bits per heavy atom. The molecule has 3 fully saturated rings. The molecule has 0 aromatic heterocycles. The summed E-state index contributed by atoms with van der Waals surface area (Å²) in [4.78, 5) is 47.0. The minimum absolute atomic E-state index is 0.0612. The molecule has 2 unspecified atom stereocenters. The van der Waals surface area contributed by atoms with Crippen molar-refractivity contribution in [3.8, 4) is 0 Å². The minimum atomic E-state index is -0.687. The number of aliphatic hydroxyl groups excluding tert-OH is 1. The van der Waals surface area contributed by atoms with E-state index >= 15 is 0 Å². The lowest BCUT2D eigenvalue weighted by atomic mass is 9.66. The van der Waals surface area contributed by atoms with Crippen LogP contribution in [0.4, 0.5) is 0 Å². The number of unbranched alkanes of at least 4 members (excludes halogenated alkanes) is 1. The molecule has 6 atom stereocenters. The Bertz CT molecular complexity index is 831. The van der Waals surface area contributed by atoms with Gasteiger partial charge in [0.1, 0.15) is 6.04 Å². The van der Waals surface area contributed by atoms with Crippen LogP contribution in [0.25, 0.3) is 0 Å². The number of likely N-dealkylation sites (N-methyl/N-ethyl adjacent to an activating group) is 1. The topological polar surface area (TPSA) is 81.2 Å². The fraction of sp³-hybridized carbons (Fsp3) is 0.731. The van der Waals surface area contributed by atoms with Crippen molar-refractivity contribution in [2.24, 2.45) is 11.8 Å². The van der Waals surface area contributed by atoms with E-state index in [-0.39, 0.29) is 24.3 Å². The maximum absolute atomic E-state index is 14.2. The van der Waals surface area contributed by atoms with Crippen molar-refractivity contribution in [3.05, 3.63) is 25.3 Å². The van der Waals surface area contributed by atoms with E-state index in [1.54, 1.807) is 45.7 Å². The number of thioether (sulfide) groups is 1. The van der Waals surface area contributed by atoms with Crippen molar-refractivity contribution < 1.29 is 19.5 Å². The Labute approximate surface area is 208 Å². The molecule has 3 rings (SSSR count). The number of carbonyl (C=O) groups excluding carboxylic acids is 3. The molecular formula is C26H41N3O4S. The highest BCUT2D eigenvalue weighted by Gasteiger charge is 2.77. The first-order valence-corrected chi connectivity index (χ1v) is 13.4. The first kappa shape index (κ1) is 26.8. The van der Waals surface area contributed by atoms with Crippen LogP contribution in [0.3, 0.4) is 0 Å². The second-order valence-corrected chi connectivity index (χ2v) is 12.0. The molecule has 8 heteroatoms. The van der Waals surface area contributed by atoms with Crippen molar-refractivity contribution in [1.82, 2.24) is 14.7 Å². The van der Waals surface area contributed by atoms with Gasteiger partial charge in [0, 0.05) is 31.4 Å². The van der Waals surface area contributed by atoms with Crippen LogP contribution in [0.15, 0.2) is 25.3 Å². The Balaban J connectivity index is 2.10. The number of rotatable bonds is 12. The predicted octanol–water partition coefficient (Wildman–Crippen LogP) is 2.70. The molecule has 190 valence electrons. The number of hydrogen-bond acceptors (Lipinski definition) is 5. The standard InChI is InChI=1S/C26H41N3O4S/c1-7-11-16-28(15-9-3)24(33)21-26-13-12-25(5,34-26)19(22(31)27(6)14-8-2)20(26)23(32)29(21)18(10-4)17-30/h8-9,18-21,30H,2-3,7,10-17H2,1,4-6H3/t18-,19-,20-,21?,25+,26?/m0/s1. The second-order valence-electron chi connectivity index (χ2n) is 10.2. The molecule has 34 heavy (non-hydrogen) atoms. The summed E-state index contributed by atoms with van der Waals surface area (Å²) >= 11 is 1.67. The third-order valence-electron chi connectivity index (χ3n) is 8.01. The number of fused-ring (bicyclic) bond motifs is 1. The van der Waals surface area contributed by atoms with Crippen molar-refractivity contribution in [2.75, 3.05) is 33.3 Å². The van der Waals surface area contributed by atoms with Crippen molar-refractivity contribution in [2.45, 2.75) is 74.5 Å². The van der Waals surface area contributed by atoms with Crippen LogP contribution < -0.4 is 0 Å². The van der Waals surface area contributed by atoms with Crippen molar-refractivity contribution in [1.29, 1.82) is 0 Å². The molecule has 0 aliphatic carbocycles. The summed E-state index contributed by atoms with van der Waals surface area (Å²) in [6, 6.07) is -1.14. The lowest BCUT2D eigenvalue weighted by Gasteiger charge is -2.39. The van der Waals surface area contributed by atoms with Crippen LogP contribution in [0, 0.1) is 11.8 Å². The Morgan fingerprint density at radius 2 is 1.91 bits per heavy atom. The van der Waals surface area contributed by atoms with Gasteiger partial charge >= 0.3 is 0 Å². The van der Waals surface area contributed by atoms with Gasteiger partial charge in [0.25, 0.3) is 0 Å². The molecule has 3 saturated heterocycles. The zero-order valence-electron chi connectivity index (χ0n) is 21.2. The van der Waals surface area contributed by atoms with Gasteiger partial charge < -0.3 is 19.8 Å². The van der Waals surface area contributed by atoms with E-state index in [0.717, 1.165) is 19.3 Å². The van der Waals surface area contributed by atoms with E-state index in [1.807, 2.05) is 6.92 Å². The van der Waals surface area contributed by atoms with Crippen LogP contribution in [-0.2, 0) is 14.4 Å². The van der Waals surface area contributed by atoms with Gasteiger partial charge in [-0.1, -0.05) is 32.4 Å². The third-order valence-corrected chi connectivity index (χ3v) is 10.00. The van der Waals surface area contributed by atoms with Gasteiger partial charge in [0.15, 0.2) is 0 Å².